The van der Waals surface area contributed by atoms with Gasteiger partial charge < -0.3 is 8.98 Å². The average molecular weight is 499 g/mol. The van der Waals surface area contributed by atoms with Crippen LogP contribution in [0.25, 0.3) is 60.2 Å². The maximum Gasteiger partial charge on any atom is 0.138 e. The summed E-state index contributed by atoms with van der Waals surface area (Å²) in [5, 5.41) is 7.19. The Balaban J connectivity index is 1.39. The highest BCUT2D eigenvalue weighted by atomic mass is 16.3. The van der Waals surface area contributed by atoms with Crippen molar-refractivity contribution in [2.45, 2.75) is 6.42 Å². The molecule has 1 aliphatic heterocycles. The lowest BCUT2D eigenvalue weighted by Crippen LogP contribution is -2.01. The fourth-order valence-electron chi connectivity index (χ4n) is 6.56. The number of furan rings is 1. The Bertz CT molecular complexity index is 2260. The lowest BCUT2D eigenvalue weighted by atomic mass is 9.96. The lowest BCUT2D eigenvalue weighted by molar-refractivity contribution is 0.669. The first-order valence-electron chi connectivity index (χ1n) is 13.4. The molecule has 0 radical (unpaired) electrons. The molecule has 0 N–H and O–H groups in total. The Kier molecular flexibility index (Phi) is 4.11. The van der Waals surface area contributed by atoms with Crippen LogP contribution >= 0.6 is 0 Å². The second kappa shape index (κ2) is 7.68. The Morgan fingerprint density at radius 1 is 0.564 bits per heavy atom. The van der Waals surface area contributed by atoms with Gasteiger partial charge in [-0.15, -0.1) is 0 Å². The van der Waals surface area contributed by atoms with Gasteiger partial charge in [0.15, 0.2) is 0 Å². The molecular formula is C36H22N2O. The molecular weight excluding hydrogens is 476 g/mol. The summed E-state index contributed by atoms with van der Waals surface area (Å²) in [4.78, 5) is 5.04. The molecule has 0 atom stereocenters. The van der Waals surface area contributed by atoms with Gasteiger partial charge in [-0.1, -0.05) is 91.0 Å². The minimum Gasteiger partial charge on any atom is -0.456 e. The molecule has 39 heavy (non-hydrogen) atoms. The van der Waals surface area contributed by atoms with E-state index in [0.29, 0.717) is 0 Å². The van der Waals surface area contributed by atoms with Crippen molar-refractivity contribution in [3.63, 3.8) is 0 Å². The van der Waals surface area contributed by atoms with E-state index in [1.54, 1.807) is 0 Å². The number of fused-ring (bicyclic) bond motifs is 9. The molecule has 3 nitrogen and oxygen atoms in total. The Morgan fingerprint density at radius 3 is 2.00 bits per heavy atom. The zero-order valence-corrected chi connectivity index (χ0v) is 21.1. The number of rotatable bonds is 2. The number of para-hydroxylation sites is 3. The van der Waals surface area contributed by atoms with Gasteiger partial charge in [-0.3, -0.25) is 4.99 Å². The van der Waals surface area contributed by atoms with Crippen molar-refractivity contribution in [2.24, 2.45) is 4.99 Å². The van der Waals surface area contributed by atoms with Gasteiger partial charge in [-0.25, -0.2) is 0 Å². The second-order valence-electron chi connectivity index (χ2n) is 10.3. The molecule has 0 saturated heterocycles. The van der Waals surface area contributed by atoms with Gasteiger partial charge in [0, 0.05) is 45.0 Å². The number of hydrogen-bond acceptors (Lipinski definition) is 2. The molecule has 0 saturated carbocycles. The Hall–Kier alpha value is -5.15. The van der Waals surface area contributed by atoms with Crippen LogP contribution < -0.4 is 0 Å². The minimum absolute atomic E-state index is 0.833. The van der Waals surface area contributed by atoms with Crippen molar-refractivity contribution in [3.05, 3.63) is 132 Å². The third-order valence-corrected chi connectivity index (χ3v) is 8.22. The predicted octanol–water partition coefficient (Wildman–Crippen LogP) is 9.51. The molecule has 9 rings (SSSR count). The first-order valence-corrected chi connectivity index (χ1v) is 13.4. The van der Waals surface area contributed by atoms with Crippen LogP contribution in [0.1, 0.15) is 11.1 Å². The number of benzene rings is 6. The first-order chi connectivity index (χ1) is 19.3. The van der Waals surface area contributed by atoms with Crippen LogP contribution in [0, 0.1) is 0 Å². The van der Waals surface area contributed by atoms with Crippen LogP contribution in [-0.4, -0.2) is 10.3 Å². The van der Waals surface area contributed by atoms with E-state index in [0.717, 1.165) is 51.0 Å². The van der Waals surface area contributed by atoms with Gasteiger partial charge in [0.25, 0.3) is 0 Å². The largest absolute Gasteiger partial charge is 0.456 e. The maximum absolute atomic E-state index is 6.63. The van der Waals surface area contributed by atoms with Gasteiger partial charge in [-0.05, 0) is 35.2 Å². The van der Waals surface area contributed by atoms with Crippen molar-refractivity contribution < 1.29 is 4.42 Å². The fraction of sp³-hybridized carbons (Fsp3) is 0.0278. The minimum atomic E-state index is 0.833. The quantitative estimate of drug-likeness (QED) is 0.233. The summed E-state index contributed by atoms with van der Waals surface area (Å²) in [6, 6.07) is 43.0. The number of nitrogens with zero attached hydrogens (tertiary/aromatic N) is 2. The zero-order valence-electron chi connectivity index (χ0n) is 21.1. The van der Waals surface area contributed by atoms with E-state index in [2.05, 4.69) is 126 Å². The molecule has 6 aromatic carbocycles. The number of aliphatic imine (C=N–C) groups is 1. The summed E-state index contributed by atoms with van der Waals surface area (Å²) in [5.41, 5.74) is 9.89. The zero-order chi connectivity index (χ0) is 25.5. The van der Waals surface area contributed by atoms with Crippen LogP contribution in [0.2, 0.25) is 0 Å². The van der Waals surface area contributed by atoms with E-state index in [9.17, 15) is 0 Å². The van der Waals surface area contributed by atoms with Crippen molar-refractivity contribution in [2.75, 3.05) is 0 Å². The molecule has 3 heterocycles. The highest BCUT2D eigenvalue weighted by Gasteiger charge is 2.23. The highest BCUT2D eigenvalue weighted by Crippen LogP contribution is 2.42. The van der Waals surface area contributed by atoms with Crippen LogP contribution in [-0.2, 0) is 6.42 Å². The molecule has 182 valence electrons. The molecule has 0 unspecified atom stereocenters. The molecule has 2 aromatic heterocycles. The highest BCUT2D eigenvalue weighted by molar-refractivity contribution is 6.27. The van der Waals surface area contributed by atoms with E-state index in [1.165, 1.54) is 38.1 Å². The van der Waals surface area contributed by atoms with Crippen LogP contribution in [0.5, 0.6) is 0 Å². The van der Waals surface area contributed by atoms with E-state index in [1.807, 2.05) is 0 Å². The first kappa shape index (κ1) is 20.9. The van der Waals surface area contributed by atoms with Gasteiger partial charge in [-0.2, -0.15) is 0 Å². The van der Waals surface area contributed by atoms with E-state index < -0.39 is 0 Å². The van der Waals surface area contributed by atoms with Crippen LogP contribution in [0.15, 0.2) is 131 Å². The monoisotopic (exact) mass is 498 g/mol. The molecule has 3 heteroatoms. The molecule has 0 spiro atoms. The topological polar surface area (TPSA) is 30.4 Å². The molecule has 0 fully saturated rings. The summed E-state index contributed by atoms with van der Waals surface area (Å²) in [6.07, 6.45) is 0.833. The molecule has 0 bridgehead atoms. The summed E-state index contributed by atoms with van der Waals surface area (Å²) >= 11 is 0. The average Bonchev–Trinajstić information content (AvgIpc) is 3.68. The van der Waals surface area contributed by atoms with Crippen molar-refractivity contribution in [1.82, 2.24) is 4.57 Å². The Labute approximate surface area is 224 Å². The maximum atomic E-state index is 6.63. The summed E-state index contributed by atoms with van der Waals surface area (Å²) in [6.45, 7) is 0. The van der Waals surface area contributed by atoms with E-state index in [4.69, 9.17) is 9.41 Å². The molecule has 8 aromatic rings. The second-order valence-corrected chi connectivity index (χ2v) is 10.3. The SMILES string of the molecule is c1ccc2c(c1)CC(c1cccc3oc4cc(-n5c6ccccc6c6ccccc65)c5ccccc5c4c13)=N2. The smallest absolute Gasteiger partial charge is 0.138 e. The third kappa shape index (κ3) is 2.84. The predicted molar refractivity (Wildman–Crippen MR) is 162 cm³/mol. The molecule has 0 aliphatic carbocycles. The normalized spacial score (nSPS) is 13.2. The van der Waals surface area contributed by atoms with E-state index >= 15 is 0 Å². The van der Waals surface area contributed by atoms with Crippen molar-refractivity contribution >= 4 is 65.9 Å². The third-order valence-electron chi connectivity index (χ3n) is 8.22. The summed E-state index contributed by atoms with van der Waals surface area (Å²) in [5.74, 6) is 0. The van der Waals surface area contributed by atoms with Gasteiger partial charge in [0.2, 0.25) is 0 Å². The lowest BCUT2D eigenvalue weighted by Gasteiger charge is -2.13. The van der Waals surface area contributed by atoms with Crippen molar-refractivity contribution in [3.8, 4) is 5.69 Å². The number of hydrogen-bond donors (Lipinski definition) is 0. The summed E-state index contributed by atoms with van der Waals surface area (Å²) < 4.78 is 9.02. The van der Waals surface area contributed by atoms with E-state index in [-0.39, 0.29) is 0 Å². The van der Waals surface area contributed by atoms with Crippen molar-refractivity contribution in [1.29, 1.82) is 0 Å². The molecule has 0 amide bonds. The van der Waals surface area contributed by atoms with Gasteiger partial charge in [0.05, 0.1) is 28.1 Å². The Morgan fingerprint density at radius 2 is 1.23 bits per heavy atom. The summed E-state index contributed by atoms with van der Waals surface area (Å²) in [7, 11) is 0. The number of aromatic nitrogens is 1. The van der Waals surface area contributed by atoms with Crippen LogP contribution in [0.3, 0.4) is 0 Å². The fourth-order valence-corrected chi connectivity index (χ4v) is 6.56. The standard InChI is InChI=1S/C36H22N2O/c1-6-16-28-22(10-1)20-29(37-28)27-15-9-19-33-36(27)35-26-14-3-2-13-25(26)32(21-34(35)39-33)38-30-17-7-4-11-23(30)24-12-5-8-18-31(24)38/h1-19,21H,20H2. The van der Waals surface area contributed by atoms with Gasteiger partial charge >= 0.3 is 0 Å². The van der Waals surface area contributed by atoms with Crippen LogP contribution in [0.4, 0.5) is 5.69 Å². The van der Waals surface area contributed by atoms with Gasteiger partial charge in [0.1, 0.15) is 11.2 Å². The molecule has 1 aliphatic rings.